The molecule has 1 aromatic carbocycles. The number of aliphatic carboxylic acids is 1. The van der Waals surface area contributed by atoms with Gasteiger partial charge in [0.1, 0.15) is 0 Å². The third kappa shape index (κ3) is 2.82. The predicted octanol–water partition coefficient (Wildman–Crippen LogP) is 2.24. The number of hydrogen-bond donors (Lipinski definition) is 2. The summed E-state index contributed by atoms with van der Waals surface area (Å²) in [4.78, 5) is 12.5. The molecule has 4 heteroatoms. The van der Waals surface area contributed by atoms with Gasteiger partial charge in [0.15, 0.2) is 0 Å². The van der Waals surface area contributed by atoms with Crippen molar-refractivity contribution in [2.24, 2.45) is 5.73 Å². The van der Waals surface area contributed by atoms with E-state index in [0.717, 1.165) is 17.7 Å². The van der Waals surface area contributed by atoms with E-state index in [0.29, 0.717) is 13.0 Å². The van der Waals surface area contributed by atoms with Crippen molar-refractivity contribution in [3.05, 3.63) is 29.3 Å². The van der Waals surface area contributed by atoms with Crippen LogP contribution >= 0.6 is 11.8 Å². The Labute approximate surface area is 105 Å². The van der Waals surface area contributed by atoms with E-state index in [9.17, 15) is 9.90 Å². The lowest BCUT2D eigenvalue weighted by Crippen LogP contribution is -2.16. The molecule has 1 aliphatic heterocycles. The Kier molecular flexibility index (Phi) is 4.07. The number of carbonyl (C=O) groups is 1. The van der Waals surface area contributed by atoms with Gasteiger partial charge >= 0.3 is 5.97 Å². The van der Waals surface area contributed by atoms with E-state index in [1.165, 1.54) is 16.9 Å². The number of rotatable bonds is 4. The van der Waals surface area contributed by atoms with Gasteiger partial charge in [0.25, 0.3) is 0 Å². The Balaban J connectivity index is 2.28. The molecule has 0 amide bonds. The minimum absolute atomic E-state index is 0.406. The van der Waals surface area contributed by atoms with Crippen molar-refractivity contribution in [3.63, 3.8) is 0 Å². The molecule has 1 heterocycles. The minimum atomic E-state index is -0.779. The van der Waals surface area contributed by atoms with E-state index in [1.54, 1.807) is 0 Å². The average molecular weight is 251 g/mol. The molecule has 3 N–H and O–H groups in total. The van der Waals surface area contributed by atoms with E-state index < -0.39 is 11.9 Å². The summed E-state index contributed by atoms with van der Waals surface area (Å²) in [5.74, 6) is -0.0755. The van der Waals surface area contributed by atoms with Crippen LogP contribution in [0.5, 0.6) is 0 Å². The summed E-state index contributed by atoms with van der Waals surface area (Å²) in [7, 11) is 0. The van der Waals surface area contributed by atoms with Gasteiger partial charge < -0.3 is 10.8 Å². The highest BCUT2D eigenvalue weighted by Gasteiger charge is 2.20. The van der Waals surface area contributed by atoms with Crippen LogP contribution in [0.1, 0.15) is 29.9 Å². The van der Waals surface area contributed by atoms with Gasteiger partial charge in [-0.3, -0.25) is 4.79 Å². The largest absolute Gasteiger partial charge is 0.481 e. The number of aryl methyl sites for hydroxylation is 1. The first kappa shape index (κ1) is 12.5. The lowest BCUT2D eigenvalue weighted by molar-refractivity contribution is -0.138. The second-order valence-electron chi connectivity index (χ2n) is 4.29. The van der Waals surface area contributed by atoms with Gasteiger partial charge in [-0.2, -0.15) is 0 Å². The van der Waals surface area contributed by atoms with Crippen LogP contribution in [0.15, 0.2) is 23.1 Å². The molecule has 3 nitrogen and oxygen atoms in total. The third-order valence-electron chi connectivity index (χ3n) is 3.09. The number of thioether (sulfide) groups is 1. The smallest absolute Gasteiger partial charge is 0.311 e. The van der Waals surface area contributed by atoms with E-state index in [4.69, 9.17) is 5.73 Å². The maximum Gasteiger partial charge on any atom is 0.311 e. The van der Waals surface area contributed by atoms with E-state index >= 15 is 0 Å². The van der Waals surface area contributed by atoms with Crippen molar-refractivity contribution >= 4 is 17.7 Å². The zero-order valence-electron chi connectivity index (χ0n) is 9.69. The summed E-state index contributed by atoms with van der Waals surface area (Å²) in [5, 5.41) is 9.20. The molecule has 92 valence electrons. The molecule has 1 unspecified atom stereocenters. The SMILES string of the molecule is NCCC(C(=O)O)c1ccc2c(c1)CCCS2. The van der Waals surface area contributed by atoms with Crippen LogP contribution in [0.25, 0.3) is 0 Å². The van der Waals surface area contributed by atoms with Crippen LogP contribution < -0.4 is 5.73 Å². The third-order valence-corrected chi connectivity index (χ3v) is 4.29. The quantitative estimate of drug-likeness (QED) is 0.861. The van der Waals surface area contributed by atoms with E-state index in [2.05, 4.69) is 12.1 Å². The zero-order valence-corrected chi connectivity index (χ0v) is 10.5. The molecule has 0 bridgehead atoms. The monoisotopic (exact) mass is 251 g/mol. The molecule has 2 rings (SSSR count). The Morgan fingerprint density at radius 3 is 3.06 bits per heavy atom. The highest BCUT2D eigenvalue weighted by molar-refractivity contribution is 7.99. The Morgan fingerprint density at radius 1 is 1.53 bits per heavy atom. The molecule has 1 aliphatic rings. The predicted molar refractivity (Wildman–Crippen MR) is 69.5 cm³/mol. The molecular formula is C13H17NO2S. The Morgan fingerprint density at radius 2 is 2.35 bits per heavy atom. The molecule has 0 saturated heterocycles. The molecule has 1 aromatic rings. The minimum Gasteiger partial charge on any atom is -0.481 e. The molecule has 0 saturated carbocycles. The number of fused-ring (bicyclic) bond motifs is 1. The normalized spacial score (nSPS) is 16.3. The number of nitrogens with two attached hydrogens (primary N) is 1. The van der Waals surface area contributed by atoms with Crippen molar-refractivity contribution < 1.29 is 9.90 Å². The summed E-state index contributed by atoms with van der Waals surface area (Å²) < 4.78 is 0. The highest BCUT2D eigenvalue weighted by Crippen LogP contribution is 2.32. The molecule has 1 atom stereocenters. The van der Waals surface area contributed by atoms with Crippen LogP contribution in [-0.2, 0) is 11.2 Å². The lowest BCUT2D eigenvalue weighted by Gasteiger charge is -2.18. The summed E-state index contributed by atoms with van der Waals surface area (Å²) in [6.07, 6.45) is 2.74. The van der Waals surface area contributed by atoms with Crippen LogP contribution in [0, 0.1) is 0 Å². The number of benzene rings is 1. The average Bonchev–Trinajstić information content (AvgIpc) is 2.35. The summed E-state index contributed by atoms with van der Waals surface area (Å²) in [5.41, 5.74) is 7.66. The summed E-state index contributed by atoms with van der Waals surface area (Å²) >= 11 is 1.86. The molecule has 0 aromatic heterocycles. The van der Waals surface area contributed by atoms with Crippen molar-refractivity contribution in [1.29, 1.82) is 0 Å². The zero-order chi connectivity index (χ0) is 12.3. The first-order valence-corrected chi connectivity index (χ1v) is 6.89. The number of carboxylic acids is 1. The highest BCUT2D eigenvalue weighted by atomic mass is 32.2. The Hall–Kier alpha value is -1.00. The number of carboxylic acid groups (broad SMARTS) is 1. The maximum absolute atomic E-state index is 11.2. The van der Waals surface area contributed by atoms with Crippen LogP contribution in [-0.4, -0.2) is 23.4 Å². The second-order valence-corrected chi connectivity index (χ2v) is 5.42. The molecule has 0 aliphatic carbocycles. The fraction of sp³-hybridized carbons (Fsp3) is 0.462. The fourth-order valence-electron chi connectivity index (χ4n) is 2.20. The molecule has 0 fully saturated rings. The standard InChI is InChI=1S/C13H17NO2S/c14-6-5-11(13(15)16)9-3-4-12-10(8-9)2-1-7-17-12/h3-4,8,11H,1-2,5-7,14H2,(H,15,16). The second kappa shape index (κ2) is 5.56. The van der Waals surface area contributed by atoms with Crippen LogP contribution in [0.3, 0.4) is 0 Å². The Bertz CT molecular complexity index is 420. The van der Waals surface area contributed by atoms with Crippen molar-refractivity contribution in [1.82, 2.24) is 0 Å². The van der Waals surface area contributed by atoms with Crippen LogP contribution in [0.4, 0.5) is 0 Å². The fourth-order valence-corrected chi connectivity index (χ4v) is 3.22. The van der Waals surface area contributed by atoms with Gasteiger partial charge in [0.2, 0.25) is 0 Å². The topological polar surface area (TPSA) is 63.3 Å². The first-order chi connectivity index (χ1) is 8.22. The van der Waals surface area contributed by atoms with Crippen molar-refractivity contribution in [2.45, 2.75) is 30.1 Å². The van der Waals surface area contributed by atoms with Gasteiger partial charge in [-0.05, 0) is 48.8 Å². The molecule has 0 spiro atoms. The van der Waals surface area contributed by atoms with Gasteiger partial charge in [-0.15, -0.1) is 11.8 Å². The van der Waals surface area contributed by atoms with E-state index in [1.807, 2.05) is 17.8 Å². The summed E-state index contributed by atoms with van der Waals surface area (Å²) in [6.45, 7) is 0.406. The van der Waals surface area contributed by atoms with Crippen LogP contribution in [0.2, 0.25) is 0 Å². The van der Waals surface area contributed by atoms with Gasteiger partial charge in [-0.25, -0.2) is 0 Å². The molecular weight excluding hydrogens is 234 g/mol. The van der Waals surface area contributed by atoms with Crippen molar-refractivity contribution in [3.8, 4) is 0 Å². The van der Waals surface area contributed by atoms with E-state index in [-0.39, 0.29) is 0 Å². The molecule has 0 radical (unpaired) electrons. The lowest BCUT2D eigenvalue weighted by atomic mass is 9.93. The van der Waals surface area contributed by atoms with Crippen molar-refractivity contribution in [2.75, 3.05) is 12.3 Å². The van der Waals surface area contributed by atoms with Gasteiger partial charge in [-0.1, -0.05) is 12.1 Å². The van der Waals surface area contributed by atoms with Gasteiger partial charge in [0, 0.05) is 4.90 Å². The number of hydrogen-bond acceptors (Lipinski definition) is 3. The first-order valence-electron chi connectivity index (χ1n) is 5.91. The summed E-state index contributed by atoms with van der Waals surface area (Å²) in [6, 6.07) is 6.04. The molecule has 17 heavy (non-hydrogen) atoms. The van der Waals surface area contributed by atoms with Gasteiger partial charge in [0.05, 0.1) is 5.92 Å². The maximum atomic E-state index is 11.2.